The number of rotatable bonds is 6. The van der Waals surface area contributed by atoms with Crippen LogP contribution < -0.4 is 5.32 Å². The van der Waals surface area contributed by atoms with Crippen LogP contribution in [-0.4, -0.2) is 30.8 Å². The second-order valence-corrected chi connectivity index (χ2v) is 7.77. The molecule has 1 N–H and O–H groups in total. The van der Waals surface area contributed by atoms with E-state index >= 15 is 0 Å². The first-order valence-corrected chi connectivity index (χ1v) is 9.52. The summed E-state index contributed by atoms with van der Waals surface area (Å²) in [6, 6.07) is 6.60. The molecule has 1 aromatic heterocycles. The number of carbonyl (C=O) groups excluding carboxylic acids is 1. The van der Waals surface area contributed by atoms with Gasteiger partial charge in [0.2, 0.25) is 15.7 Å². The first kappa shape index (κ1) is 18.1. The fourth-order valence-electron chi connectivity index (χ4n) is 2.11. The zero-order valence-electron chi connectivity index (χ0n) is 14.1. The molecule has 1 aromatic carbocycles. The van der Waals surface area contributed by atoms with Gasteiger partial charge in [-0.3, -0.25) is 4.79 Å². The maximum atomic E-state index is 12.4. The molecule has 1 amide bonds. The van der Waals surface area contributed by atoms with Crippen molar-refractivity contribution in [1.82, 2.24) is 15.5 Å². The van der Waals surface area contributed by atoms with E-state index in [1.54, 1.807) is 12.1 Å². The lowest BCUT2D eigenvalue weighted by molar-refractivity contribution is 0.0911. The summed E-state index contributed by atoms with van der Waals surface area (Å²) >= 11 is 0. The van der Waals surface area contributed by atoms with E-state index in [4.69, 9.17) is 4.42 Å². The van der Waals surface area contributed by atoms with Crippen LogP contribution in [0.3, 0.4) is 0 Å². The molecule has 0 spiro atoms. The Morgan fingerprint density at radius 2 is 1.88 bits per heavy atom. The number of amides is 1. The SMILES string of the molecule is CC[C@@H](C)[C@H](NC(=O)c1ccc(C)cc1)c1nnc(S(C)(=O)=O)o1. The summed E-state index contributed by atoms with van der Waals surface area (Å²) in [5, 5.41) is 9.77. The van der Waals surface area contributed by atoms with Crippen LogP contribution in [0, 0.1) is 12.8 Å². The van der Waals surface area contributed by atoms with Gasteiger partial charge in [-0.25, -0.2) is 8.42 Å². The van der Waals surface area contributed by atoms with E-state index in [2.05, 4.69) is 15.5 Å². The molecule has 0 radical (unpaired) electrons. The summed E-state index contributed by atoms with van der Waals surface area (Å²) in [7, 11) is -3.59. The van der Waals surface area contributed by atoms with Crippen molar-refractivity contribution in [2.24, 2.45) is 5.92 Å². The molecule has 0 fully saturated rings. The van der Waals surface area contributed by atoms with Crippen molar-refractivity contribution >= 4 is 15.7 Å². The van der Waals surface area contributed by atoms with Crippen molar-refractivity contribution in [3.8, 4) is 0 Å². The van der Waals surface area contributed by atoms with Gasteiger partial charge < -0.3 is 9.73 Å². The Hall–Kier alpha value is -2.22. The fraction of sp³-hybridized carbons (Fsp3) is 0.438. The maximum Gasteiger partial charge on any atom is 0.335 e. The van der Waals surface area contributed by atoms with Crippen LogP contribution in [0.25, 0.3) is 0 Å². The van der Waals surface area contributed by atoms with Gasteiger partial charge in [0.25, 0.3) is 5.91 Å². The van der Waals surface area contributed by atoms with Gasteiger partial charge in [0.15, 0.2) is 0 Å². The Morgan fingerprint density at radius 3 is 2.38 bits per heavy atom. The molecule has 0 aliphatic rings. The molecule has 130 valence electrons. The quantitative estimate of drug-likeness (QED) is 0.857. The predicted octanol–water partition coefficient (Wildman–Crippen LogP) is 2.30. The van der Waals surface area contributed by atoms with E-state index in [-0.39, 0.29) is 17.7 Å². The Morgan fingerprint density at radius 1 is 1.25 bits per heavy atom. The molecule has 2 aromatic rings. The third-order valence-electron chi connectivity index (χ3n) is 3.82. The van der Waals surface area contributed by atoms with Gasteiger partial charge in [-0.1, -0.05) is 43.1 Å². The third kappa shape index (κ3) is 4.19. The van der Waals surface area contributed by atoms with Gasteiger partial charge in [-0.05, 0) is 25.0 Å². The number of benzene rings is 1. The lowest BCUT2D eigenvalue weighted by atomic mass is 9.98. The number of nitrogens with zero attached hydrogens (tertiary/aromatic N) is 2. The van der Waals surface area contributed by atoms with Gasteiger partial charge in [0, 0.05) is 11.8 Å². The molecule has 1 heterocycles. The first-order chi connectivity index (χ1) is 11.2. The van der Waals surface area contributed by atoms with Gasteiger partial charge in [0.05, 0.1) is 0 Å². The zero-order valence-corrected chi connectivity index (χ0v) is 14.9. The van der Waals surface area contributed by atoms with Crippen LogP contribution >= 0.6 is 0 Å². The highest BCUT2D eigenvalue weighted by Gasteiger charge is 2.28. The summed E-state index contributed by atoms with van der Waals surface area (Å²) in [6.45, 7) is 5.82. The number of nitrogens with one attached hydrogen (secondary N) is 1. The first-order valence-electron chi connectivity index (χ1n) is 7.63. The van der Waals surface area contributed by atoms with Crippen molar-refractivity contribution < 1.29 is 17.6 Å². The maximum absolute atomic E-state index is 12.4. The van der Waals surface area contributed by atoms with Crippen molar-refractivity contribution in [3.63, 3.8) is 0 Å². The zero-order chi connectivity index (χ0) is 17.9. The van der Waals surface area contributed by atoms with Crippen molar-refractivity contribution in [2.75, 3.05) is 6.26 Å². The molecule has 0 unspecified atom stereocenters. The van der Waals surface area contributed by atoms with Crippen molar-refractivity contribution in [3.05, 3.63) is 41.3 Å². The highest BCUT2D eigenvalue weighted by atomic mass is 32.2. The Kier molecular flexibility index (Phi) is 5.38. The molecule has 0 saturated carbocycles. The number of sulfone groups is 1. The molecule has 7 nitrogen and oxygen atoms in total. The average molecular weight is 351 g/mol. The summed E-state index contributed by atoms with van der Waals surface area (Å²) < 4.78 is 28.3. The van der Waals surface area contributed by atoms with Crippen LogP contribution in [-0.2, 0) is 9.84 Å². The van der Waals surface area contributed by atoms with Crippen LogP contribution in [0.5, 0.6) is 0 Å². The van der Waals surface area contributed by atoms with E-state index < -0.39 is 21.1 Å². The molecule has 2 atom stereocenters. The lowest BCUT2D eigenvalue weighted by Gasteiger charge is -2.21. The third-order valence-corrected chi connectivity index (χ3v) is 4.62. The predicted molar refractivity (Wildman–Crippen MR) is 88.2 cm³/mol. The second-order valence-electron chi connectivity index (χ2n) is 5.88. The lowest BCUT2D eigenvalue weighted by Crippen LogP contribution is -2.32. The summed E-state index contributed by atoms with van der Waals surface area (Å²) in [6.07, 6.45) is 1.74. The van der Waals surface area contributed by atoms with Gasteiger partial charge >= 0.3 is 5.22 Å². The van der Waals surface area contributed by atoms with E-state index in [9.17, 15) is 13.2 Å². The van der Waals surface area contributed by atoms with Crippen LogP contribution in [0.4, 0.5) is 0 Å². The van der Waals surface area contributed by atoms with E-state index in [0.29, 0.717) is 5.56 Å². The Balaban J connectivity index is 2.27. The molecule has 8 heteroatoms. The van der Waals surface area contributed by atoms with Crippen molar-refractivity contribution in [2.45, 2.75) is 38.5 Å². The molecule has 0 aliphatic heterocycles. The fourth-order valence-corrected chi connectivity index (χ4v) is 2.53. The van der Waals surface area contributed by atoms with Crippen molar-refractivity contribution in [1.29, 1.82) is 0 Å². The monoisotopic (exact) mass is 351 g/mol. The average Bonchev–Trinajstić information content (AvgIpc) is 3.02. The number of aryl methyl sites for hydroxylation is 1. The Labute approximate surface area is 141 Å². The standard InChI is InChI=1S/C16H21N3O4S/c1-5-11(3)13(15-18-19-16(23-15)24(4,21)22)17-14(20)12-8-6-10(2)7-9-12/h6-9,11,13H,5H2,1-4H3,(H,17,20)/t11-,13+/m1/s1. The number of hydrogen-bond donors (Lipinski definition) is 1. The number of hydrogen-bond acceptors (Lipinski definition) is 6. The highest BCUT2D eigenvalue weighted by molar-refractivity contribution is 7.90. The van der Waals surface area contributed by atoms with Gasteiger partial charge in [-0.2, -0.15) is 0 Å². The molecule has 0 bridgehead atoms. The molecule has 0 saturated heterocycles. The Bertz CT molecular complexity index is 812. The van der Waals surface area contributed by atoms with Crippen LogP contribution in [0.2, 0.25) is 0 Å². The largest absolute Gasteiger partial charge is 0.410 e. The minimum atomic E-state index is -3.59. The van der Waals surface area contributed by atoms with Crippen LogP contribution in [0.1, 0.15) is 48.1 Å². The summed E-state index contributed by atoms with van der Waals surface area (Å²) in [5.74, 6) is -0.197. The normalized spacial score (nSPS) is 14.2. The number of carbonyl (C=O) groups is 1. The topological polar surface area (TPSA) is 102 Å². The van der Waals surface area contributed by atoms with E-state index in [1.165, 1.54) is 0 Å². The second kappa shape index (κ2) is 7.12. The van der Waals surface area contributed by atoms with Gasteiger partial charge in [0.1, 0.15) is 6.04 Å². The van der Waals surface area contributed by atoms with E-state index in [1.807, 2.05) is 32.9 Å². The molecule has 0 aliphatic carbocycles. The highest BCUT2D eigenvalue weighted by Crippen LogP contribution is 2.25. The minimum Gasteiger partial charge on any atom is -0.410 e. The van der Waals surface area contributed by atoms with Crippen LogP contribution in [0.15, 0.2) is 33.9 Å². The molecular formula is C16H21N3O4S. The summed E-state index contributed by atoms with van der Waals surface area (Å²) in [5.41, 5.74) is 1.57. The molecular weight excluding hydrogens is 330 g/mol. The smallest absolute Gasteiger partial charge is 0.335 e. The summed E-state index contributed by atoms with van der Waals surface area (Å²) in [4.78, 5) is 12.4. The number of aromatic nitrogens is 2. The van der Waals surface area contributed by atoms with E-state index in [0.717, 1.165) is 18.2 Å². The van der Waals surface area contributed by atoms with Gasteiger partial charge in [-0.15, -0.1) is 5.10 Å². The molecule has 2 rings (SSSR count). The molecule has 24 heavy (non-hydrogen) atoms. The minimum absolute atomic E-state index is 0.00717.